The molecule has 2 heterocycles. The van der Waals surface area contributed by atoms with Gasteiger partial charge in [0.05, 0.1) is 12.0 Å². The third kappa shape index (κ3) is 3.25. The average Bonchev–Trinajstić information content (AvgIpc) is 3.32. The Morgan fingerprint density at radius 3 is 2.64 bits per heavy atom. The van der Waals surface area contributed by atoms with Gasteiger partial charge in [0, 0.05) is 30.3 Å². The highest BCUT2D eigenvalue weighted by molar-refractivity contribution is 5.51. The summed E-state index contributed by atoms with van der Waals surface area (Å²) in [7, 11) is 0. The van der Waals surface area contributed by atoms with Crippen molar-refractivity contribution in [1.29, 1.82) is 0 Å². The number of hydrogen-bond acceptors (Lipinski definition) is 5. The molecule has 7 nitrogen and oxygen atoms in total. The second kappa shape index (κ2) is 6.56. The zero-order chi connectivity index (χ0) is 17.1. The van der Waals surface area contributed by atoms with Crippen LogP contribution in [0.1, 0.15) is 11.4 Å². The number of aryl methyl sites for hydroxylation is 1. The van der Waals surface area contributed by atoms with Crippen molar-refractivity contribution in [3.63, 3.8) is 0 Å². The van der Waals surface area contributed by atoms with Crippen molar-refractivity contribution in [1.82, 2.24) is 29.8 Å². The molecule has 124 valence electrons. The standard InChI is InChI=1S/C18H17N7/c1-14-21-22-23-25(14)18-4-2-3-16(11-18)20-12-15-5-7-17(8-6-15)24-10-9-19-13-24/h2-11,13,20H,12H2,1H3. The fourth-order valence-corrected chi connectivity index (χ4v) is 2.62. The van der Waals surface area contributed by atoms with Crippen LogP contribution in [-0.2, 0) is 6.54 Å². The molecule has 0 bridgehead atoms. The molecule has 0 aliphatic carbocycles. The van der Waals surface area contributed by atoms with Gasteiger partial charge in [0.15, 0.2) is 5.82 Å². The number of hydrogen-bond donors (Lipinski definition) is 1. The smallest absolute Gasteiger partial charge is 0.153 e. The quantitative estimate of drug-likeness (QED) is 0.609. The molecule has 0 fully saturated rings. The summed E-state index contributed by atoms with van der Waals surface area (Å²) < 4.78 is 3.69. The summed E-state index contributed by atoms with van der Waals surface area (Å²) in [5, 5.41) is 15.0. The van der Waals surface area contributed by atoms with Gasteiger partial charge >= 0.3 is 0 Å². The van der Waals surface area contributed by atoms with Crippen LogP contribution < -0.4 is 5.32 Å². The Labute approximate surface area is 145 Å². The lowest BCUT2D eigenvalue weighted by Gasteiger charge is -2.09. The molecule has 0 radical (unpaired) electrons. The Kier molecular flexibility index (Phi) is 3.96. The van der Waals surface area contributed by atoms with Gasteiger partial charge in [-0.3, -0.25) is 0 Å². The molecule has 4 rings (SSSR count). The normalized spacial score (nSPS) is 10.8. The van der Waals surface area contributed by atoms with Gasteiger partial charge in [-0.15, -0.1) is 5.10 Å². The summed E-state index contributed by atoms with van der Waals surface area (Å²) in [5.74, 6) is 0.757. The Morgan fingerprint density at radius 2 is 1.92 bits per heavy atom. The highest BCUT2D eigenvalue weighted by atomic mass is 15.5. The van der Waals surface area contributed by atoms with Crippen LogP contribution in [0.15, 0.2) is 67.3 Å². The maximum Gasteiger partial charge on any atom is 0.153 e. The van der Waals surface area contributed by atoms with Crippen molar-refractivity contribution < 1.29 is 0 Å². The van der Waals surface area contributed by atoms with Gasteiger partial charge in [-0.1, -0.05) is 18.2 Å². The third-order valence-corrected chi connectivity index (χ3v) is 3.95. The van der Waals surface area contributed by atoms with E-state index in [1.807, 2.05) is 42.0 Å². The first kappa shape index (κ1) is 15.1. The lowest BCUT2D eigenvalue weighted by atomic mass is 10.2. The molecule has 0 aliphatic heterocycles. The van der Waals surface area contributed by atoms with E-state index in [-0.39, 0.29) is 0 Å². The van der Waals surface area contributed by atoms with Crippen molar-refractivity contribution in [3.8, 4) is 11.4 Å². The van der Waals surface area contributed by atoms with E-state index in [1.165, 1.54) is 5.56 Å². The zero-order valence-electron chi connectivity index (χ0n) is 13.7. The van der Waals surface area contributed by atoms with Gasteiger partial charge in [0.1, 0.15) is 0 Å². The lowest BCUT2D eigenvalue weighted by molar-refractivity contribution is 0.779. The van der Waals surface area contributed by atoms with Crippen molar-refractivity contribution in [3.05, 3.63) is 78.6 Å². The van der Waals surface area contributed by atoms with Crippen molar-refractivity contribution in [2.24, 2.45) is 0 Å². The summed E-state index contributed by atoms with van der Waals surface area (Å²) in [5.41, 5.74) is 4.25. The average molecular weight is 331 g/mol. The molecule has 25 heavy (non-hydrogen) atoms. The minimum atomic E-state index is 0.738. The maximum absolute atomic E-state index is 4.07. The molecule has 0 saturated heterocycles. The number of imidazole rings is 1. The van der Waals surface area contributed by atoms with Crippen LogP contribution in [0, 0.1) is 6.92 Å². The van der Waals surface area contributed by atoms with Gasteiger partial charge in [0.2, 0.25) is 0 Å². The second-order valence-electron chi connectivity index (χ2n) is 5.68. The highest BCUT2D eigenvalue weighted by Crippen LogP contribution is 2.16. The first-order valence-corrected chi connectivity index (χ1v) is 7.96. The summed E-state index contributed by atoms with van der Waals surface area (Å²) in [6.07, 6.45) is 5.49. The number of tetrazole rings is 1. The van der Waals surface area contributed by atoms with E-state index in [2.05, 4.69) is 50.1 Å². The van der Waals surface area contributed by atoms with E-state index >= 15 is 0 Å². The first-order valence-electron chi connectivity index (χ1n) is 7.96. The van der Waals surface area contributed by atoms with Gasteiger partial charge in [-0.25, -0.2) is 4.98 Å². The highest BCUT2D eigenvalue weighted by Gasteiger charge is 2.04. The molecule has 0 spiro atoms. The van der Waals surface area contributed by atoms with Crippen LogP contribution in [0.2, 0.25) is 0 Å². The van der Waals surface area contributed by atoms with Crippen molar-refractivity contribution in [2.75, 3.05) is 5.32 Å². The number of nitrogens with one attached hydrogen (secondary N) is 1. The van der Waals surface area contributed by atoms with Gasteiger partial charge in [-0.2, -0.15) is 4.68 Å². The summed E-state index contributed by atoms with van der Waals surface area (Å²) in [6.45, 7) is 2.62. The summed E-state index contributed by atoms with van der Waals surface area (Å²) >= 11 is 0. The number of anilines is 1. The summed E-state index contributed by atoms with van der Waals surface area (Å²) in [6, 6.07) is 16.4. The first-order chi connectivity index (χ1) is 12.3. The van der Waals surface area contributed by atoms with Crippen LogP contribution in [0.5, 0.6) is 0 Å². The monoisotopic (exact) mass is 331 g/mol. The lowest BCUT2D eigenvalue weighted by Crippen LogP contribution is -2.03. The van der Waals surface area contributed by atoms with E-state index in [9.17, 15) is 0 Å². The van der Waals surface area contributed by atoms with Crippen LogP contribution in [0.4, 0.5) is 5.69 Å². The van der Waals surface area contributed by atoms with E-state index in [1.54, 1.807) is 17.2 Å². The van der Waals surface area contributed by atoms with Gasteiger partial charge < -0.3 is 9.88 Å². The van der Waals surface area contributed by atoms with E-state index in [0.29, 0.717) is 0 Å². The fourth-order valence-electron chi connectivity index (χ4n) is 2.62. The molecule has 4 aromatic rings. The molecule has 0 atom stereocenters. The van der Waals surface area contributed by atoms with Crippen LogP contribution >= 0.6 is 0 Å². The second-order valence-corrected chi connectivity index (χ2v) is 5.68. The number of benzene rings is 2. The van der Waals surface area contributed by atoms with Gasteiger partial charge in [0.25, 0.3) is 0 Å². The molecular weight excluding hydrogens is 314 g/mol. The Balaban J connectivity index is 1.46. The van der Waals surface area contributed by atoms with E-state index in [0.717, 1.165) is 29.4 Å². The largest absolute Gasteiger partial charge is 0.381 e. The van der Waals surface area contributed by atoms with E-state index < -0.39 is 0 Å². The number of rotatable bonds is 5. The number of nitrogens with zero attached hydrogens (tertiary/aromatic N) is 6. The molecule has 1 N–H and O–H groups in total. The summed E-state index contributed by atoms with van der Waals surface area (Å²) in [4.78, 5) is 4.07. The molecule has 0 aliphatic rings. The molecular formula is C18H17N7. The van der Waals surface area contributed by atoms with Crippen LogP contribution in [0.25, 0.3) is 11.4 Å². The molecule has 2 aromatic heterocycles. The Morgan fingerprint density at radius 1 is 1.04 bits per heavy atom. The fraction of sp³-hybridized carbons (Fsp3) is 0.111. The molecule has 0 saturated carbocycles. The molecule has 0 unspecified atom stereocenters. The van der Waals surface area contributed by atoms with Crippen LogP contribution in [0.3, 0.4) is 0 Å². The van der Waals surface area contributed by atoms with E-state index in [4.69, 9.17) is 0 Å². The molecule has 2 aromatic carbocycles. The van der Waals surface area contributed by atoms with Crippen LogP contribution in [-0.4, -0.2) is 29.8 Å². The minimum Gasteiger partial charge on any atom is -0.381 e. The molecule has 0 amide bonds. The topological polar surface area (TPSA) is 73.5 Å². The molecule has 7 heteroatoms. The maximum atomic E-state index is 4.07. The zero-order valence-corrected chi connectivity index (χ0v) is 13.7. The Hall–Kier alpha value is -3.48. The third-order valence-electron chi connectivity index (χ3n) is 3.95. The minimum absolute atomic E-state index is 0.738. The Bertz CT molecular complexity index is 955. The van der Waals surface area contributed by atoms with Gasteiger partial charge in [-0.05, 0) is 53.2 Å². The SMILES string of the molecule is Cc1nnnn1-c1cccc(NCc2ccc(-n3ccnc3)cc2)c1. The van der Waals surface area contributed by atoms with Crippen molar-refractivity contribution >= 4 is 5.69 Å². The number of aromatic nitrogens is 6. The van der Waals surface area contributed by atoms with Crippen molar-refractivity contribution in [2.45, 2.75) is 13.5 Å². The predicted molar refractivity (Wildman–Crippen MR) is 94.8 cm³/mol. The predicted octanol–water partition coefficient (Wildman–Crippen LogP) is 2.77.